The van der Waals surface area contributed by atoms with E-state index in [1.54, 1.807) is 62.6 Å². The number of amides is 3. The Balaban J connectivity index is 1.51. The Hall–Kier alpha value is -2.90. The number of hydrogen-bond donors (Lipinski definition) is 1. The highest BCUT2D eigenvalue weighted by molar-refractivity contribution is 6.30. The summed E-state index contributed by atoms with van der Waals surface area (Å²) in [5.41, 5.74) is 1.79. The first-order valence-electron chi connectivity index (χ1n) is 10.2. The molecule has 31 heavy (non-hydrogen) atoms. The van der Waals surface area contributed by atoms with Crippen LogP contribution in [0.2, 0.25) is 5.02 Å². The van der Waals surface area contributed by atoms with Gasteiger partial charge in [0.15, 0.2) is 0 Å². The Morgan fingerprint density at radius 2 is 1.71 bits per heavy atom. The predicted octanol–water partition coefficient (Wildman–Crippen LogP) is 2.83. The van der Waals surface area contributed by atoms with Crippen LogP contribution in [0.25, 0.3) is 0 Å². The number of carbonyl (C=O) groups excluding carboxylic acids is 3. The maximum atomic E-state index is 12.7. The van der Waals surface area contributed by atoms with Crippen LogP contribution in [0.1, 0.15) is 27.1 Å². The van der Waals surface area contributed by atoms with Crippen molar-refractivity contribution in [2.75, 3.05) is 52.1 Å². The van der Waals surface area contributed by atoms with E-state index in [1.807, 2.05) is 9.80 Å². The van der Waals surface area contributed by atoms with Gasteiger partial charge in [-0.05, 0) is 48.9 Å². The molecular formula is C23H27ClN4O3. The molecule has 1 heterocycles. The fourth-order valence-electron chi connectivity index (χ4n) is 3.49. The molecule has 3 rings (SSSR count). The number of nitrogens with one attached hydrogen (secondary N) is 1. The lowest BCUT2D eigenvalue weighted by Crippen LogP contribution is -2.38. The zero-order valence-corrected chi connectivity index (χ0v) is 18.6. The zero-order valence-electron chi connectivity index (χ0n) is 17.8. The van der Waals surface area contributed by atoms with Crippen LogP contribution >= 0.6 is 11.6 Å². The van der Waals surface area contributed by atoms with E-state index in [1.165, 1.54) is 4.90 Å². The van der Waals surface area contributed by atoms with Crippen LogP contribution in [0.4, 0.5) is 5.69 Å². The van der Waals surface area contributed by atoms with Crippen molar-refractivity contribution < 1.29 is 14.4 Å². The van der Waals surface area contributed by atoms with E-state index in [0.717, 1.165) is 13.0 Å². The Bertz CT molecular complexity index is 946. The number of hydrogen-bond acceptors (Lipinski definition) is 4. The molecule has 0 atom stereocenters. The first kappa shape index (κ1) is 22.8. The van der Waals surface area contributed by atoms with E-state index >= 15 is 0 Å². The molecule has 0 saturated carbocycles. The van der Waals surface area contributed by atoms with Gasteiger partial charge in [-0.2, -0.15) is 0 Å². The van der Waals surface area contributed by atoms with Gasteiger partial charge in [0.05, 0.1) is 6.54 Å². The van der Waals surface area contributed by atoms with Gasteiger partial charge in [0.25, 0.3) is 11.8 Å². The summed E-state index contributed by atoms with van der Waals surface area (Å²) in [6.07, 6.45) is 0.793. The Kier molecular flexibility index (Phi) is 7.65. The summed E-state index contributed by atoms with van der Waals surface area (Å²) in [5.74, 6) is -0.248. The van der Waals surface area contributed by atoms with Gasteiger partial charge in [0.1, 0.15) is 0 Å². The molecule has 1 aliphatic rings. The number of rotatable bonds is 5. The molecule has 0 radical (unpaired) electrons. The number of anilines is 1. The fourth-order valence-corrected chi connectivity index (χ4v) is 3.68. The highest BCUT2D eigenvalue weighted by Gasteiger charge is 2.21. The smallest absolute Gasteiger partial charge is 0.253 e. The molecule has 0 unspecified atom stereocenters. The van der Waals surface area contributed by atoms with E-state index in [9.17, 15) is 14.4 Å². The van der Waals surface area contributed by atoms with Gasteiger partial charge >= 0.3 is 0 Å². The van der Waals surface area contributed by atoms with Crippen molar-refractivity contribution in [2.45, 2.75) is 6.42 Å². The predicted molar refractivity (Wildman–Crippen MR) is 122 cm³/mol. The average Bonchev–Trinajstić information content (AvgIpc) is 2.98. The third-order valence-electron chi connectivity index (χ3n) is 5.14. The number of halogens is 1. The minimum Gasteiger partial charge on any atom is -0.345 e. The summed E-state index contributed by atoms with van der Waals surface area (Å²) in [4.78, 5) is 42.5. The summed E-state index contributed by atoms with van der Waals surface area (Å²) >= 11 is 6.00. The van der Waals surface area contributed by atoms with Crippen molar-refractivity contribution in [2.24, 2.45) is 0 Å². The second-order valence-electron chi connectivity index (χ2n) is 7.76. The highest BCUT2D eigenvalue weighted by Crippen LogP contribution is 2.15. The topological polar surface area (TPSA) is 73.0 Å². The Morgan fingerprint density at radius 1 is 0.968 bits per heavy atom. The number of benzene rings is 2. The van der Waals surface area contributed by atoms with Crippen molar-refractivity contribution in [1.82, 2.24) is 14.7 Å². The van der Waals surface area contributed by atoms with Gasteiger partial charge in [-0.1, -0.05) is 17.7 Å². The van der Waals surface area contributed by atoms with Crippen LogP contribution in [0.15, 0.2) is 48.5 Å². The number of carbonyl (C=O) groups is 3. The molecule has 1 fully saturated rings. The summed E-state index contributed by atoms with van der Waals surface area (Å²) in [7, 11) is 3.39. The zero-order chi connectivity index (χ0) is 22.4. The third kappa shape index (κ3) is 6.29. The summed E-state index contributed by atoms with van der Waals surface area (Å²) < 4.78 is 0. The first-order chi connectivity index (χ1) is 14.8. The van der Waals surface area contributed by atoms with Crippen LogP contribution in [0, 0.1) is 0 Å². The van der Waals surface area contributed by atoms with Gasteiger partial charge < -0.3 is 15.1 Å². The summed E-state index contributed by atoms with van der Waals surface area (Å²) in [6, 6.07) is 13.8. The number of nitrogens with zero attached hydrogens (tertiary/aromatic N) is 3. The third-order valence-corrected chi connectivity index (χ3v) is 5.37. The molecule has 7 nitrogen and oxygen atoms in total. The van der Waals surface area contributed by atoms with Crippen molar-refractivity contribution in [3.8, 4) is 0 Å². The van der Waals surface area contributed by atoms with Gasteiger partial charge in [-0.15, -0.1) is 0 Å². The highest BCUT2D eigenvalue weighted by atomic mass is 35.5. The molecule has 1 N–H and O–H groups in total. The molecule has 1 saturated heterocycles. The quantitative estimate of drug-likeness (QED) is 0.772. The van der Waals surface area contributed by atoms with Crippen LogP contribution in [-0.4, -0.2) is 79.2 Å². The minimum absolute atomic E-state index is 0.0406. The lowest BCUT2D eigenvalue weighted by atomic mass is 10.2. The average molecular weight is 443 g/mol. The molecular weight excluding hydrogens is 416 g/mol. The summed E-state index contributed by atoms with van der Waals surface area (Å²) in [5, 5.41) is 3.41. The molecule has 0 aromatic heterocycles. The molecule has 0 aliphatic carbocycles. The molecule has 2 aromatic rings. The second-order valence-corrected chi connectivity index (χ2v) is 8.19. The fraction of sp³-hybridized carbons (Fsp3) is 0.348. The SMILES string of the molecule is CN(C)C(=O)c1ccc(NC(=O)CN2CCCN(C(=O)c3cccc(Cl)c3)CC2)cc1. The molecule has 0 bridgehead atoms. The molecule has 164 valence electrons. The molecule has 1 aliphatic heterocycles. The van der Waals surface area contributed by atoms with Gasteiger partial charge in [0.2, 0.25) is 5.91 Å². The standard InChI is InChI=1S/C23H27ClN4O3/c1-26(2)22(30)17-7-9-20(10-8-17)25-21(29)16-27-11-4-12-28(14-13-27)23(31)18-5-3-6-19(24)15-18/h3,5-10,15H,4,11-14,16H2,1-2H3,(H,25,29). The van der Waals surface area contributed by atoms with E-state index in [-0.39, 0.29) is 24.3 Å². The minimum atomic E-state index is -0.124. The van der Waals surface area contributed by atoms with Crippen molar-refractivity contribution >= 4 is 35.0 Å². The van der Waals surface area contributed by atoms with Crippen LogP contribution in [0.5, 0.6) is 0 Å². The van der Waals surface area contributed by atoms with Crippen molar-refractivity contribution in [3.05, 3.63) is 64.7 Å². The molecule has 8 heteroatoms. The summed E-state index contributed by atoms with van der Waals surface area (Å²) in [6.45, 7) is 2.81. The van der Waals surface area contributed by atoms with Crippen molar-refractivity contribution in [1.29, 1.82) is 0 Å². The normalized spacial score (nSPS) is 14.6. The van der Waals surface area contributed by atoms with E-state index in [4.69, 9.17) is 11.6 Å². The maximum Gasteiger partial charge on any atom is 0.253 e. The molecule has 3 amide bonds. The second kappa shape index (κ2) is 10.4. The van der Waals surface area contributed by atoms with Crippen molar-refractivity contribution in [3.63, 3.8) is 0 Å². The van der Waals surface area contributed by atoms with E-state index < -0.39 is 0 Å². The lowest BCUT2D eigenvalue weighted by molar-refractivity contribution is -0.117. The monoisotopic (exact) mass is 442 g/mol. The Morgan fingerprint density at radius 3 is 2.39 bits per heavy atom. The van der Waals surface area contributed by atoms with Crippen LogP contribution < -0.4 is 5.32 Å². The largest absolute Gasteiger partial charge is 0.345 e. The molecule has 2 aromatic carbocycles. The van der Waals surface area contributed by atoms with E-state index in [2.05, 4.69) is 5.32 Å². The van der Waals surface area contributed by atoms with Crippen LogP contribution in [0.3, 0.4) is 0 Å². The lowest BCUT2D eigenvalue weighted by Gasteiger charge is -2.22. The van der Waals surface area contributed by atoms with Gasteiger partial charge in [0, 0.05) is 62.1 Å². The maximum absolute atomic E-state index is 12.7. The first-order valence-corrected chi connectivity index (χ1v) is 10.6. The van der Waals surface area contributed by atoms with Crippen LogP contribution in [-0.2, 0) is 4.79 Å². The van der Waals surface area contributed by atoms with Gasteiger partial charge in [-0.25, -0.2) is 0 Å². The van der Waals surface area contributed by atoms with Gasteiger partial charge in [-0.3, -0.25) is 19.3 Å². The Labute approximate surface area is 187 Å². The molecule has 0 spiro atoms. The van der Waals surface area contributed by atoms with E-state index in [0.29, 0.717) is 41.5 Å².